The molecular weight excluding hydrogens is 561 g/mol. The summed E-state index contributed by atoms with van der Waals surface area (Å²) in [4.78, 5) is 13.9. The van der Waals surface area contributed by atoms with Crippen LogP contribution in [0, 0.1) is 0 Å². The van der Waals surface area contributed by atoms with Crippen LogP contribution in [0.1, 0.15) is 40.9 Å². The van der Waals surface area contributed by atoms with E-state index in [1.54, 1.807) is 0 Å². The van der Waals surface area contributed by atoms with Gasteiger partial charge in [-0.15, -0.1) is 22.7 Å². The van der Waals surface area contributed by atoms with Crippen molar-refractivity contribution in [1.82, 2.24) is 0 Å². The van der Waals surface area contributed by atoms with Gasteiger partial charge in [-0.05, 0) is 81.9 Å². The number of thiophene rings is 2. The molecule has 0 unspecified atom stereocenters. The molecule has 9 rings (SSSR count). The van der Waals surface area contributed by atoms with E-state index in [2.05, 4.69) is 123 Å². The summed E-state index contributed by atoms with van der Waals surface area (Å²) < 4.78 is 5.22. The Balaban J connectivity index is 1.16. The number of ketones is 1. The van der Waals surface area contributed by atoms with E-state index in [9.17, 15) is 4.79 Å². The van der Waals surface area contributed by atoms with Gasteiger partial charge in [0.15, 0.2) is 5.78 Å². The molecule has 1 aliphatic carbocycles. The molecule has 0 atom stereocenters. The second kappa shape index (κ2) is 8.97. The predicted molar refractivity (Wildman–Crippen MR) is 185 cm³/mol. The molecular formula is C40H26OS2. The Morgan fingerprint density at radius 3 is 1.33 bits per heavy atom. The Kier molecular flexibility index (Phi) is 5.21. The van der Waals surface area contributed by atoms with Crippen molar-refractivity contribution in [3.8, 4) is 22.3 Å². The van der Waals surface area contributed by atoms with Crippen LogP contribution in [0.3, 0.4) is 0 Å². The lowest BCUT2D eigenvalue weighted by Gasteiger charge is -2.35. The fourth-order valence-corrected chi connectivity index (χ4v) is 9.15. The molecule has 0 saturated carbocycles. The summed E-state index contributed by atoms with van der Waals surface area (Å²) in [5.41, 5.74) is 8.12. The predicted octanol–water partition coefficient (Wildman–Crippen LogP) is 11.6. The van der Waals surface area contributed by atoms with Crippen molar-refractivity contribution in [2.75, 3.05) is 0 Å². The lowest BCUT2D eigenvalue weighted by atomic mass is 9.67. The van der Waals surface area contributed by atoms with Crippen molar-refractivity contribution in [3.63, 3.8) is 0 Å². The van der Waals surface area contributed by atoms with Gasteiger partial charge < -0.3 is 0 Å². The van der Waals surface area contributed by atoms with Crippen molar-refractivity contribution in [2.24, 2.45) is 0 Å². The summed E-state index contributed by atoms with van der Waals surface area (Å²) in [6.07, 6.45) is 0. The lowest BCUT2D eigenvalue weighted by Crippen LogP contribution is -2.30. The summed E-state index contributed by atoms with van der Waals surface area (Å²) in [7, 11) is 0. The van der Waals surface area contributed by atoms with Gasteiger partial charge in [0.1, 0.15) is 0 Å². The van der Waals surface area contributed by atoms with Crippen LogP contribution in [-0.2, 0) is 5.41 Å². The highest BCUT2D eigenvalue weighted by molar-refractivity contribution is 7.26. The summed E-state index contributed by atoms with van der Waals surface area (Å²) in [6.45, 7) is 4.52. The van der Waals surface area contributed by atoms with Gasteiger partial charge in [0.05, 0.1) is 0 Å². The highest BCUT2D eigenvalue weighted by atomic mass is 32.1. The molecule has 204 valence electrons. The van der Waals surface area contributed by atoms with E-state index in [4.69, 9.17) is 0 Å². The summed E-state index contributed by atoms with van der Waals surface area (Å²) in [5.74, 6) is 0.112. The van der Waals surface area contributed by atoms with Crippen LogP contribution < -0.4 is 0 Å². The molecule has 3 heteroatoms. The van der Waals surface area contributed by atoms with Crippen LogP contribution in [0.5, 0.6) is 0 Å². The number of carbonyl (C=O) groups is 1. The third-order valence-electron chi connectivity index (χ3n) is 9.30. The van der Waals surface area contributed by atoms with Crippen LogP contribution >= 0.6 is 22.7 Å². The van der Waals surface area contributed by atoms with Crippen molar-refractivity contribution in [1.29, 1.82) is 0 Å². The van der Waals surface area contributed by atoms with Gasteiger partial charge in [-0.3, -0.25) is 4.79 Å². The van der Waals surface area contributed by atoms with Gasteiger partial charge in [0.2, 0.25) is 0 Å². The number of benzene rings is 6. The summed E-state index contributed by atoms with van der Waals surface area (Å²) in [6, 6.07) is 43.6. The topological polar surface area (TPSA) is 17.1 Å². The minimum atomic E-state index is -0.330. The first-order valence-electron chi connectivity index (χ1n) is 14.6. The molecule has 2 heterocycles. The zero-order valence-electron chi connectivity index (χ0n) is 23.8. The fourth-order valence-electron chi connectivity index (χ4n) is 6.98. The molecule has 6 aromatic carbocycles. The molecule has 0 amide bonds. The second-order valence-corrected chi connectivity index (χ2v) is 14.3. The Hall–Kier alpha value is -4.57. The van der Waals surface area contributed by atoms with Crippen molar-refractivity contribution >= 4 is 68.8 Å². The lowest BCUT2D eigenvalue weighted by molar-refractivity contribution is 0.103. The summed E-state index contributed by atoms with van der Waals surface area (Å²) >= 11 is 3.67. The smallest absolute Gasteiger partial charge is 0.193 e. The van der Waals surface area contributed by atoms with Gasteiger partial charge >= 0.3 is 0 Å². The average Bonchev–Trinajstić information content (AvgIpc) is 3.61. The SMILES string of the molecule is CC1(C)c2cc(-c3ccc4sc5ccccc5c4c3)ccc2C(=O)c2ccc(-c3ccc4sc5ccccc5c4c3)cc21. The molecule has 0 aliphatic heterocycles. The van der Waals surface area contributed by atoms with Crippen LogP contribution in [0.25, 0.3) is 62.6 Å². The standard InChI is InChI=1S/C40H26OS2/c1-40(2)33-21-25(23-13-17-37-31(19-23)27-7-3-5-9-35(27)42-37)11-15-29(33)39(41)30-16-12-26(22-34(30)40)24-14-18-38-32(20-24)28-8-4-6-10-36(28)43-38/h3-22H,1-2H3. The molecule has 43 heavy (non-hydrogen) atoms. The van der Waals surface area contributed by atoms with E-state index in [0.29, 0.717) is 0 Å². The zero-order valence-corrected chi connectivity index (χ0v) is 25.4. The van der Waals surface area contributed by atoms with Crippen LogP contribution in [-0.4, -0.2) is 5.78 Å². The third-order valence-corrected chi connectivity index (χ3v) is 11.6. The number of hydrogen-bond acceptors (Lipinski definition) is 3. The van der Waals surface area contributed by atoms with Gasteiger partial charge in [0.25, 0.3) is 0 Å². The molecule has 0 bridgehead atoms. The highest BCUT2D eigenvalue weighted by Crippen LogP contribution is 2.45. The molecule has 0 radical (unpaired) electrons. The second-order valence-electron chi connectivity index (χ2n) is 12.1. The summed E-state index contributed by atoms with van der Waals surface area (Å²) in [5, 5.41) is 5.17. The molecule has 1 nitrogen and oxygen atoms in total. The first-order chi connectivity index (χ1) is 21.0. The van der Waals surface area contributed by atoms with Gasteiger partial charge in [0, 0.05) is 56.9 Å². The number of carbonyl (C=O) groups excluding carboxylic acids is 1. The Bertz CT molecular complexity index is 2280. The third kappa shape index (κ3) is 3.65. The Morgan fingerprint density at radius 1 is 0.442 bits per heavy atom. The van der Waals surface area contributed by atoms with Crippen LogP contribution in [0.2, 0.25) is 0 Å². The minimum absolute atomic E-state index is 0.112. The Morgan fingerprint density at radius 2 is 0.837 bits per heavy atom. The maximum absolute atomic E-state index is 13.9. The fraction of sp³-hybridized carbons (Fsp3) is 0.0750. The van der Waals surface area contributed by atoms with E-state index in [0.717, 1.165) is 33.4 Å². The quantitative estimate of drug-likeness (QED) is 0.197. The van der Waals surface area contributed by atoms with Crippen LogP contribution in [0.4, 0.5) is 0 Å². The van der Waals surface area contributed by atoms with Crippen molar-refractivity contribution in [3.05, 3.63) is 144 Å². The number of hydrogen-bond donors (Lipinski definition) is 0. The molecule has 0 fully saturated rings. The maximum atomic E-state index is 13.9. The first-order valence-corrected chi connectivity index (χ1v) is 16.3. The van der Waals surface area contributed by atoms with Gasteiger partial charge in [-0.2, -0.15) is 0 Å². The van der Waals surface area contributed by atoms with Crippen molar-refractivity contribution < 1.29 is 4.79 Å². The molecule has 0 spiro atoms. The molecule has 0 saturated heterocycles. The van der Waals surface area contributed by atoms with Gasteiger partial charge in [-0.1, -0.05) is 86.6 Å². The molecule has 8 aromatic rings. The molecule has 0 N–H and O–H groups in total. The van der Waals surface area contributed by atoms with Gasteiger partial charge in [-0.25, -0.2) is 0 Å². The average molecular weight is 587 g/mol. The van der Waals surface area contributed by atoms with E-state index >= 15 is 0 Å². The highest BCUT2D eigenvalue weighted by Gasteiger charge is 2.37. The van der Waals surface area contributed by atoms with E-state index in [-0.39, 0.29) is 11.2 Å². The van der Waals surface area contributed by atoms with E-state index in [1.165, 1.54) is 51.5 Å². The monoisotopic (exact) mass is 586 g/mol. The maximum Gasteiger partial charge on any atom is 0.193 e. The largest absolute Gasteiger partial charge is 0.289 e. The normalized spacial score (nSPS) is 14.0. The number of rotatable bonds is 2. The molecule has 2 aromatic heterocycles. The van der Waals surface area contributed by atoms with E-state index in [1.807, 2.05) is 34.8 Å². The van der Waals surface area contributed by atoms with E-state index < -0.39 is 0 Å². The molecule has 1 aliphatic rings. The first kappa shape index (κ1) is 25.0. The van der Waals surface area contributed by atoms with Crippen molar-refractivity contribution in [2.45, 2.75) is 19.3 Å². The van der Waals surface area contributed by atoms with Crippen LogP contribution in [0.15, 0.2) is 121 Å². The number of fused-ring (bicyclic) bond motifs is 8. The zero-order chi connectivity index (χ0) is 28.9. The Labute approximate surface area is 257 Å². The minimum Gasteiger partial charge on any atom is -0.289 e.